The van der Waals surface area contributed by atoms with Crippen LogP contribution in [0.2, 0.25) is 0 Å². The van der Waals surface area contributed by atoms with Crippen molar-refractivity contribution < 1.29 is 58.2 Å². The van der Waals surface area contributed by atoms with Crippen LogP contribution < -0.4 is 0 Å². The van der Waals surface area contributed by atoms with E-state index in [1.54, 1.807) is 0 Å². The summed E-state index contributed by atoms with van der Waals surface area (Å²) in [5.74, 6) is -3.30. The van der Waals surface area contributed by atoms with Gasteiger partial charge >= 0.3 is 23.9 Å². The summed E-state index contributed by atoms with van der Waals surface area (Å²) < 4.78 is 28.3. The third-order valence-electron chi connectivity index (χ3n) is 12.9. The monoisotopic (exact) mass is 1130 g/mol. The highest BCUT2D eigenvalue weighted by Crippen LogP contribution is 2.26. The Balaban J connectivity index is 2.76. The van der Waals surface area contributed by atoms with Gasteiger partial charge in [0.15, 0.2) is 24.6 Å². The molecule has 1 fully saturated rings. The summed E-state index contributed by atoms with van der Waals surface area (Å²) in [7, 11) is 0. The van der Waals surface area contributed by atoms with Crippen LogP contribution in [0.3, 0.4) is 0 Å². The number of carbonyl (C=O) groups excluding carboxylic acids is 3. The van der Waals surface area contributed by atoms with Crippen molar-refractivity contribution in [2.24, 2.45) is 0 Å². The van der Waals surface area contributed by atoms with Crippen molar-refractivity contribution in [1.29, 1.82) is 0 Å². The second-order valence-electron chi connectivity index (χ2n) is 20.2. The quantitative estimate of drug-likeness (QED) is 0.0228. The molecule has 0 radical (unpaired) electrons. The fourth-order valence-corrected chi connectivity index (χ4v) is 8.24. The molecule has 0 saturated carbocycles. The summed E-state index contributed by atoms with van der Waals surface area (Å²) in [4.78, 5) is 51.2. The Morgan fingerprint density at radius 2 is 0.802 bits per heavy atom. The van der Waals surface area contributed by atoms with Crippen molar-refractivity contribution in [2.75, 3.05) is 13.2 Å². The minimum absolute atomic E-state index is 0.0152. The van der Waals surface area contributed by atoms with Crippen molar-refractivity contribution in [3.8, 4) is 0 Å². The van der Waals surface area contributed by atoms with Crippen molar-refractivity contribution in [3.63, 3.8) is 0 Å². The Bertz CT molecular complexity index is 1960. The van der Waals surface area contributed by atoms with E-state index in [9.17, 15) is 34.5 Å². The van der Waals surface area contributed by atoms with Gasteiger partial charge in [-0.15, -0.1) is 0 Å². The van der Waals surface area contributed by atoms with Crippen molar-refractivity contribution in [3.05, 3.63) is 146 Å². The first kappa shape index (κ1) is 73.6. The fourth-order valence-electron chi connectivity index (χ4n) is 8.24. The predicted octanol–water partition coefficient (Wildman–Crippen LogP) is 16.3. The Morgan fingerprint density at radius 1 is 0.420 bits per heavy atom. The zero-order chi connectivity index (χ0) is 58.9. The van der Waals surface area contributed by atoms with Gasteiger partial charge < -0.3 is 39.0 Å². The molecule has 81 heavy (non-hydrogen) atoms. The maximum absolute atomic E-state index is 13.2. The lowest BCUT2D eigenvalue weighted by Gasteiger charge is -2.40. The van der Waals surface area contributed by atoms with E-state index in [0.29, 0.717) is 25.7 Å². The number of rotatable bonds is 50. The van der Waals surface area contributed by atoms with Crippen LogP contribution in [0.4, 0.5) is 0 Å². The highest BCUT2D eigenvalue weighted by Gasteiger charge is 2.50. The van der Waals surface area contributed by atoms with Gasteiger partial charge in [-0.3, -0.25) is 14.4 Å². The van der Waals surface area contributed by atoms with E-state index in [1.807, 2.05) is 12.2 Å². The smallest absolute Gasteiger partial charge is 0.335 e. The predicted molar refractivity (Wildman–Crippen MR) is 330 cm³/mol. The summed E-state index contributed by atoms with van der Waals surface area (Å²) in [6, 6.07) is 0. The van der Waals surface area contributed by atoms with Gasteiger partial charge in [-0.25, -0.2) is 4.79 Å². The van der Waals surface area contributed by atoms with E-state index in [0.717, 1.165) is 128 Å². The van der Waals surface area contributed by atoms with E-state index in [-0.39, 0.29) is 25.9 Å². The van der Waals surface area contributed by atoms with E-state index >= 15 is 0 Å². The normalized spacial score (nSPS) is 18.8. The molecule has 0 bridgehead atoms. The molecule has 0 amide bonds. The van der Waals surface area contributed by atoms with Crippen molar-refractivity contribution in [1.82, 2.24) is 0 Å². The molecule has 0 spiro atoms. The number of unbranched alkanes of at least 4 members (excludes halogenated alkanes) is 12. The minimum Gasteiger partial charge on any atom is -0.479 e. The van der Waals surface area contributed by atoms with E-state index in [1.165, 1.54) is 19.3 Å². The lowest BCUT2D eigenvalue weighted by Crippen LogP contribution is -2.61. The SMILES string of the molecule is CC/C=C\C/C=C\C/C=C\C/C=C\C/C=C\C/C=C\CCC(=O)OCC(COC1OC(C(=O)O)C(O)C(O)C1OC(=O)CCCCCC/C=C\C/C=C\C/C=C\C/C=C\CC)OC(=O)CCCCCCC/C=C\C/C=C\CCCCC. The molecule has 1 rings (SSSR count). The standard InChI is InChI=1S/C69H106O12/c1-4-7-10-13-16-19-22-25-28-30-31-33-35-37-40-43-46-49-52-55-61(70)77-58-60(79-62(71)56-53-50-47-44-41-38-34-27-24-21-18-15-12-9-6-3)59-78-69-67(65(74)64(73)66(81-69)68(75)76)80-63(72)57-54-51-48-45-42-39-36-32-29-26-23-20-17-14-11-8-5-2/h7-8,10-11,16-21,25-29,31,33-34,36-37,39-40,46,49,60,64-67,69,73-74H,4-6,9,12-15,22-24,30,32,35,38,41-45,47-48,50-59H2,1-3H3,(H,75,76)/b10-7-,11-8-,19-16-,20-17-,21-18-,28-25-,29-26-,33-31-,34-27-,39-36-,40-37-,49-46-. The number of carboxylic acids is 1. The molecule has 454 valence electrons. The van der Waals surface area contributed by atoms with Gasteiger partial charge in [0.05, 0.1) is 6.61 Å². The first-order valence-electron chi connectivity index (χ1n) is 30.8. The first-order valence-corrected chi connectivity index (χ1v) is 30.8. The number of carbonyl (C=O) groups is 4. The molecule has 12 nitrogen and oxygen atoms in total. The van der Waals surface area contributed by atoms with Crippen LogP contribution in [-0.4, -0.2) is 89.2 Å². The number of hydrogen-bond donors (Lipinski definition) is 3. The van der Waals surface area contributed by atoms with Gasteiger partial charge in [-0.2, -0.15) is 0 Å². The van der Waals surface area contributed by atoms with Gasteiger partial charge in [0.1, 0.15) is 18.8 Å². The van der Waals surface area contributed by atoms with Crippen molar-refractivity contribution in [2.45, 2.75) is 250 Å². The molecule has 0 aromatic carbocycles. The summed E-state index contributed by atoms with van der Waals surface area (Å²) in [5, 5.41) is 31.5. The Morgan fingerprint density at radius 3 is 1.23 bits per heavy atom. The van der Waals surface area contributed by atoms with Crippen LogP contribution in [0.5, 0.6) is 0 Å². The second-order valence-corrected chi connectivity index (χ2v) is 20.2. The molecule has 1 aliphatic rings. The number of esters is 3. The Kier molecular flexibility index (Phi) is 50.1. The molecule has 1 aliphatic heterocycles. The molecule has 6 unspecified atom stereocenters. The number of aliphatic hydroxyl groups excluding tert-OH is 2. The maximum atomic E-state index is 13.2. The van der Waals surface area contributed by atoms with Crippen LogP contribution in [0.25, 0.3) is 0 Å². The number of aliphatic carboxylic acids is 1. The number of allylic oxidation sites excluding steroid dienone is 24. The number of carboxylic acid groups (broad SMARTS) is 1. The van der Waals surface area contributed by atoms with E-state index in [2.05, 4.69) is 154 Å². The van der Waals surface area contributed by atoms with Crippen molar-refractivity contribution >= 4 is 23.9 Å². The Labute approximate surface area is 489 Å². The number of ether oxygens (including phenoxy) is 5. The van der Waals surface area contributed by atoms with E-state index in [4.69, 9.17) is 23.7 Å². The van der Waals surface area contributed by atoms with E-state index < -0.39 is 67.3 Å². The molecule has 6 atom stereocenters. The third-order valence-corrected chi connectivity index (χ3v) is 12.9. The number of aliphatic hydroxyl groups is 2. The lowest BCUT2D eigenvalue weighted by atomic mass is 9.98. The maximum Gasteiger partial charge on any atom is 0.335 e. The van der Waals surface area contributed by atoms with Gasteiger partial charge in [0, 0.05) is 19.3 Å². The van der Waals surface area contributed by atoms with Gasteiger partial charge in [-0.1, -0.05) is 212 Å². The summed E-state index contributed by atoms with van der Waals surface area (Å²) in [6.07, 6.45) is 66.7. The zero-order valence-corrected chi connectivity index (χ0v) is 50.0. The highest BCUT2D eigenvalue weighted by atomic mass is 16.7. The molecule has 1 saturated heterocycles. The van der Waals surface area contributed by atoms with Gasteiger partial charge in [0.25, 0.3) is 0 Å². The molecule has 0 aliphatic carbocycles. The fraction of sp³-hybridized carbons (Fsp3) is 0.594. The zero-order valence-electron chi connectivity index (χ0n) is 50.0. The van der Waals surface area contributed by atoms with Crippen LogP contribution >= 0.6 is 0 Å². The number of hydrogen-bond acceptors (Lipinski definition) is 11. The average molecular weight is 1130 g/mol. The van der Waals surface area contributed by atoms with Gasteiger partial charge in [-0.05, 0) is 128 Å². The molecule has 1 heterocycles. The van der Waals surface area contributed by atoms with Gasteiger partial charge in [0.2, 0.25) is 0 Å². The molecule has 12 heteroatoms. The van der Waals surface area contributed by atoms with Crippen LogP contribution in [0, 0.1) is 0 Å². The van der Waals surface area contributed by atoms with Crippen LogP contribution in [-0.2, 0) is 42.9 Å². The van der Waals surface area contributed by atoms with Crippen LogP contribution in [0.1, 0.15) is 213 Å². The third kappa shape index (κ3) is 44.9. The molecule has 0 aromatic rings. The average Bonchev–Trinajstić information content (AvgIpc) is 3.53. The summed E-state index contributed by atoms with van der Waals surface area (Å²) in [5.41, 5.74) is 0. The highest BCUT2D eigenvalue weighted by molar-refractivity contribution is 5.74. The molecular formula is C69H106O12. The largest absolute Gasteiger partial charge is 0.479 e. The Hall–Kier alpha value is -5.40. The topological polar surface area (TPSA) is 175 Å². The minimum atomic E-state index is -1.93. The summed E-state index contributed by atoms with van der Waals surface area (Å²) >= 11 is 0. The van der Waals surface area contributed by atoms with Crippen LogP contribution in [0.15, 0.2) is 146 Å². The lowest BCUT2D eigenvalue weighted by molar-refractivity contribution is -0.301. The molecular weight excluding hydrogens is 1020 g/mol. The molecule has 0 aromatic heterocycles. The molecule has 3 N–H and O–H groups in total. The summed E-state index contributed by atoms with van der Waals surface area (Å²) in [6.45, 7) is 5.64. The second kappa shape index (κ2) is 55.2. The first-order chi connectivity index (χ1) is 39.6.